The molecule has 2 aromatic heterocycles. The van der Waals surface area contributed by atoms with Gasteiger partial charge in [0.15, 0.2) is 0 Å². The van der Waals surface area contributed by atoms with E-state index < -0.39 is 0 Å². The molecule has 1 amide bonds. The topological polar surface area (TPSA) is 72.7 Å². The number of fused-ring (bicyclic) bond motifs is 1. The number of rotatable bonds is 2. The van der Waals surface area contributed by atoms with Crippen LogP contribution in [0.3, 0.4) is 0 Å². The van der Waals surface area contributed by atoms with Crippen LogP contribution in [0.5, 0.6) is 0 Å². The Hall–Kier alpha value is -3.02. The van der Waals surface area contributed by atoms with Gasteiger partial charge in [-0.25, -0.2) is 9.97 Å². The highest BCUT2D eigenvalue weighted by Gasteiger charge is 2.33. The van der Waals surface area contributed by atoms with Crippen LogP contribution in [0.2, 0.25) is 0 Å². The molecule has 1 aliphatic heterocycles. The summed E-state index contributed by atoms with van der Waals surface area (Å²) in [4.78, 5) is 21.4. The zero-order chi connectivity index (χ0) is 18.4. The maximum atomic E-state index is 12.4. The number of amides is 1. The summed E-state index contributed by atoms with van der Waals surface area (Å²) < 4.78 is 1.66. The van der Waals surface area contributed by atoms with E-state index in [4.69, 9.17) is 0 Å². The third kappa shape index (κ3) is 2.77. The fraction of sp³-hybridized carbons (Fsp3) is 0.300. The van der Waals surface area contributed by atoms with Gasteiger partial charge in [0.2, 0.25) is 5.91 Å². The smallest absolute Gasteiger partial charge is 0.252 e. The van der Waals surface area contributed by atoms with Crippen molar-refractivity contribution in [2.45, 2.75) is 40.0 Å². The first-order valence-corrected chi connectivity index (χ1v) is 8.71. The summed E-state index contributed by atoms with van der Waals surface area (Å²) in [6, 6.07) is 10.3. The van der Waals surface area contributed by atoms with E-state index in [1.54, 1.807) is 4.68 Å². The highest BCUT2D eigenvalue weighted by Crippen LogP contribution is 2.39. The van der Waals surface area contributed by atoms with Gasteiger partial charge in [-0.1, -0.05) is 29.8 Å². The van der Waals surface area contributed by atoms with Gasteiger partial charge < -0.3 is 5.32 Å². The van der Waals surface area contributed by atoms with Gasteiger partial charge in [0.1, 0.15) is 5.82 Å². The fourth-order valence-corrected chi connectivity index (χ4v) is 3.58. The molecule has 0 radical (unpaired) electrons. The number of hydrogen-bond acceptors (Lipinski definition) is 4. The molecule has 6 nitrogen and oxygen atoms in total. The second-order valence-electron chi connectivity index (χ2n) is 6.93. The molecule has 1 atom stereocenters. The van der Waals surface area contributed by atoms with Crippen molar-refractivity contribution in [3.63, 3.8) is 0 Å². The predicted molar refractivity (Wildman–Crippen MR) is 99.6 cm³/mol. The van der Waals surface area contributed by atoms with Crippen LogP contribution in [0, 0.1) is 27.7 Å². The summed E-state index contributed by atoms with van der Waals surface area (Å²) in [6.45, 7) is 7.88. The maximum Gasteiger partial charge on any atom is 0.252 e. The Morgan fingerprint density at radius 1 is 1.04 bits per heavy atom. The van der Waals surface area contributed by atoms with Crippen LogP contribution in [0.25, 0.3) is 5.95 Å². The molecule has 0 spiro atoms. The van der Waals surface area contributed by atoms with Gasteiger partial charge in [-0.2, -0.15) is 9.78 Å². The van der Waals surface area contributed by atoms with Gasteiger partial charge in [0, 0.05) is 29.3 Å². The van der Waals surface area contributed by atoms with Crippen molar-refractivity contribution in [1.82, 2.24) is 19.7 Å². The Morgan fingerprint density at radius 2 is 1.69 bits per heavy atom. The van der Waals surface area contributed by atoms with Gasteiger partial charge in [-0.15, -0.1) is 0 Å². The third-order valence-corrected chi connectivity index (χ3v) is 4.74. The number of carbonyl (C=O) groups is 1. The summed E-state index contributed by atoms with van der Waals surface area (Å²) in [5, 5.41) is 7.63. The van der Waals surface area contributed by atoms with Crippen LogP contribution < -0.4 is 5.32 Å². The monoisotopic (exact) mass is 347 g/mol. The van der Waals surface area contributed by atoms with Crippen LogP contribution >= 0.6 is 0 Å². The summed E-state index contributed by atoms with van der Waals surface area (Å²) in [5.74, 6) is 1.12. The molecule has 0 saturated heterocycles. The van der Waals surface area contributed by atoms with E-state index >= 15 is 0 Å². The number of carbonyl (C=O) groups excluding carboxylic acids is 1. The quantitative estimate of drug-likeness (QED) is 0.771. The summed E-state index contributed by atoms with van der Waals surface area (Å²) in [6.07, 6.45) is 0.413. The van der Waals surface area contributed by atoms with Crippen LogP contribution in [0.15, 0.2) is 30.3 Å². The normalized spacial score (nSPS) is 16.3. The number of aromatic nitrogens is 4. The summed E-state index contributed by atoms with van der Waals surface area (Å²) in [5.41, 5.74) is 5.98. The lowest BCUT2D eigenvalue weighted by Gasteiger charge is -2.24. The first-order chi connectivity index (χ1) is 12.4. The van der Waals surface area contributed by atoms with Gasteiger partial charge in [-0.3, -0.25) is 4.79 Å². The van der Waals surface area contributed by atoms with Crippen molar-refractivity contribution in [3.8, 4) is 5.95 Å². The fourth-order valence-electron chi connectivity index (χ4n) is 3.58. The zero-order valence-electron chi connectivity index (χ0n) is 15.4. The largest absolute Gasteiger partial charge is 0.310 e. The third-order valence-electron chi connectivity index (χ3n) is 4.74. The molecule has 0 saturated carbocycles. The minimum Gasteiger partial charge on any atom is -0.310 e. The van der Waals surface area contributed by atoms with Crippen molar-refractivity contribution in [3.05, 3.63) is 64.1 Å². The first-order valence-electron chi connectivity index (χ1n) is 8.71. The average molecular weight is 347 g/mol. The van der Waals surface area contributed by atoms with E-state index in [1.165, 1.54) is 5.56 Å². The minimum atomic E-state index is -0.0198. The maximum absolute atomic E-state index is 12.4. The average Bonchev–Trinajstić information content (AvgIpc) is 2.91. The van der Waals surface area contributed by atoms with Crippen molar-refractivity contribution in [2.75, 3.05) is 5.32 Å². The molecule has 0 aliphatic carbocycles. The second kappa shape index (κ2) is 6.05. The Kier molecular flexibility index (Phi) is 3.83. The van der Waals surface area contributed by atoms with Crippen molar-refractivity contribution < 1.29 is 4.79 Å². The lowest BCUT2D eigenvalue weighted by molar-refractivity contribution is -0.116. The van der Waals surface area contributed by atoms with Gasteiger partial charge in [-0.05, 0) is 39.3 Å². The summed E-state index contributed by atoms with van der Waals surface area (Å²) in [7, 11) is 0. The number of anilines is 1. The zero-order valence-corrected chi connectivity index (χ0v) is 15.4. The molecule has 26 heavy (non-hydrogen) atoms. The highest BCUT2D eigenvalue weighted by molar-refractivity contribution is 5.95. The Morgan fingerprint density at radius 3 is 2.35 bits per heavy atom. The van der Waals surface area contributed by atoms with E-state index in [-0.39, 0.29) is 11.8 Å². The molecular weight excluding hydrogens is 326 g/mol. The molecule has 1 aromatic carbocycles. The van der Waals surface area contributed by atoms with E-state index in [0.717, 1.165) is 28.2 Å². The molecule has 4 rings (SSSR count). The minimum absolute atomic E-state index is 0.0148. The number of aryl methyl sites for hydroxylation is 4. The predicted octanol–water partition coefficient (Wildman–Crippen LogP) is 3.37. The Labute approximate surface area is 152 Å². The van der Waals surface area contributed by atoms with Crippen LogP contribution in [0.4, 0.5) is 5.82 Å². The van der Waals surface area contributed by atoms with E-state index in [9.17, 15) is 4.79 Å². The molecule has 1 unspecified atom stereocenters. The number of benzene rings is 1. The van der Waals surface area contributed by atoms with E-state index in [1.807, 2.05) is 26.8 Å². The van der Waals surface area contributed by atoms with E-state index in [2.05, 4.69) is 51.6 Å². The molecule has 6 heteroatoms. The number of nitrogens with zero attached hydrogens (tertiary/aromatic N) is 4. The molecule has 132 valence electrons. The molecule has 1 aliphatic rings. The first kappa shape index (κ1) is 16.4. The van der Waals surface area contributed by atoms with Crippen LogP contribution in [-0.4, -0.2) is 25.7 Å². The molecule has 0 fully saturated rings. The van der Waals surface area contributed by atoms with Crippen molar-refractivity contribution in [2.24, 2.45) is 0 Å². The number of hydrogen-bond donors (Lipinski definition) is 1. The van der Waals surface area contributed by atoms with Crippen molar-refractivity contribution in [1.29, 1.82) is 0 Å². The standard InChI is InChI=1S/C20H21N5O/c1-11-5-7-15(8-6-11)16-10-17(26)23-19-18(16)14(4)24-25(19)20-21-12(2)9-13(3)22-20/h5-9,16H,10H2,1-4H3,(H,23,26). The lowest BCUT2D eigenvalue weighted by Crippen LogP contribution is -2.25. The highest BCUT2D eigenvalue weighted by atomic mass is 16.1. The summed E-state index contributed by atoms with van der Waals surface area (Å²) >= 11 is 0. The van der Waals surface area contributed by atoms with Crippen LogP contribution in [0.1, 0.15) is 46.1 Å². The lowest BCUT2D eigenvalue weighted by atomic mass is 9.85. The van der Waals surface area contributed by atoms with E-state index in [0.29, 0.717) is 18.2 Å². The van der Waals surface area contributed by atoms with Crippen LogP contribution in [-0.2, 0) is 4.79 Å². The molecule has 0 bridgehead atoms. The van der Waals surface area contributed by atoms with Gasteiger partial charge in [0.05, 0.1) is 5.69 Å². The number of nitrogens with one attached hydrogen (secondary N) is 1. The Bertz CT molecular complexity index is 984. The van der Waals surface area contributed by atoms with Gasteiger partial charge >= 0.3 is 0 Å². The molecular formula is C20H21N5O. The second-order valence-corrected chi connectivity index (χ2v) is 6.93. The molecule has 3 aromatic rings. The SMILES string of the molecule is Cc1ccc(C2CC(=O)Nc3c2c(C)nn3-c2nc(C)cc(C)n2)cc1. The van der Waals surface area contributed by atoms with Gasteiger partial charge in [0.25, 0.3) is 5.95 Å². The molecule has 3 heterocycles. The molecule has 1 N–H and O–H groups in total. The van der Waals surface area contributed by atoms with Crippen molar-refractivity contribution >= 4 is 11.7 Å². The Balaban J connectivity index is 1.88.